The van der Waals surface area contributed by atoms with Crippen LogP contribution in [0, 0.1) is 17.3 Å². The molecule has 0 saturated carbocycles. The molecule has 0 N–H and O–H groups in total. The second kappa shape index (κ2) is 7.01. The minimum absolute atomic E-state index is 0.119. The highest BCUT2D eigenvalue weighted by atomic mass is 16.2. The molecule has 138 valence electrons. The third kappa shape index (κ3) is 3.92. The Hall–Kier alpha value is -1.91. The van der Waals surface area contributed by atoms with E-state index in [4.69, 9.17) is 7.85 Å². The highest BCUT2D eigenvalue weighted by Crippen LogP contribution is 2.38. The van der Waals surface area contributed by atoms with E-state index in [1.807, 2.05) is 52.0 Å². The van der Waals surface area contributed by atoms with Gasteiger partial charge in [0.1, 0.15) is 0 Å². The lowest BCUT2D eigenvalue weighted by Gasteiger charge is -2.34. The highest BCUT2D eigenvalue weighted by Gasteiger charge is 2.41. The van der Waals surface area contributed by atoms with Crippen molar-refractivity contribution < 1.29 is 14.4 Å². The summed E-state index contributed by atoms with van der Waals surface area (Å²) < 4.78 is 0. The van der Waals surface area contributed by atoms with E-state index in [1.54, 1.807) is 0 Å². The molecule has 1 saturated heterocycles. The molecular formula is C21H28BNO3. The molecule has 1 aromatic carbocycles. The number of hydrogen-bond acceptors (Lipinski definition) is 3. The zero-order chi connectivity index (χ0) is 19.9. The summed E-state index contributed by atoms with van der Waals surface area (Å²) in [4.78, 5) is 37.8. The fourth-order valence-electron chi connectivity index (χ4n) is 3.80. The monoisotopic (exact) mass is 353 g/mol. The van der Waals surface area contributed by atoms with Gasteiger partial charge in [-0.05, 0) is 35.4 Å². The summed E-state index contributed by atoms with van der Waals surface area (Å²) in [5.41, 5.74) is 0.437. The van der Waals surface area contributed by atoms with E-state index >= 15 is 0 Å². The summed E-state index contributed by atoms with van der Waals surface area (Å²) in [6, 6.07) is 7.48. The molecule has 1 heterocycles. The number of hydrogen-bond donors (Lipinski definition) is 0. The molecule has 1 aliphatic rings. The summed E-state index contributed by atoms with van der Waals surface area (Å²) in [6.07, 6.45) is 0.877. The number of carbonyl (C=O) groups is 3. The summed E-state index contributed by atoms with van der Waals surface area (Å²) in [5, 5.41) is 0. The van der Waals surface area contributed by atoms with Gasteiger partial charge in [-0.15, -0.1) is 0 Å². The van der Waals surface area contributed by atoms with Gasteiger partial charge in [-0.25, -0.2) is 0 Å². The lowest BCUT2D eigenvalue weighted by atomic mass is 9.66. The Morgan fingerprint density at radius 2 is 1.69 bits per heavy atom. The van der Waals surface area contributed by atoms with Crippen molar-refractivity contribution in [3.8, 4) is 0 Å². The van der Waals surface area contributed by atoms with Gasteiger partial charge in [0.2, 0.25) is 11.8 Å². The fraction of sp³-hybridized carbons (Fsp3) is 0.571. The van der Waals surface area contributed by atoms with Crippen LogP contribution in [0.15, 0.2) is 24.3 Å². The van der Waals surface area contributed by atoms with Crippen LogP contribution in [-0.2, 0) is 19.8 Å². The highest BCUT2D eigenvalue weighted by molar-refractivity contribution is 6.58. The van der Waals surface area contributed by atoms with Crippen molar-refractivity contribution in [1.82, 2.24) is 0 Å². The Morgan fingerprint density at radius 3 is 2.12 bits per heavy atom. The molecule has 2 radical (unpaired) electrons. The lowest BCUT2D eigenvalue weighted by molar-refractivity contribution is -0.123. The van der Waals surface area contributed by atoms with Gasteiger partial charge in [-0.3, -0.25) is 14.5 Å². The van der Waals surface area contributed by atoms with Crippen LogP contribution in [0.2, 0.25) is 0 Å². The number of amides is 2. The molecule has 1 atom stereocenters. The van der Waals surface area contributed by atoms with E-state index in [0.717, 1.165) is 5.56 Å². The lowest BCUT2D eigenvalue weighted by Crippen LogP contribution is -2.33. The number of carbonyl (C=O) groups excluding carboxylic acids is 3. The fourth-order valence-corrected chi connectivity index (χ4v) is 3.80. The van der Waals surface area contributed by atoms with Gasteiger partial charge in [0.25, 0.3) is 0 Å². The van der Waals surface area contributed by atoms with Crippen molar-refractivity contribution in [1.29, 1.82) is 0 Å². The van der Waals surface area contributed by atoms with Gasteiger partial charge in [0.05, 0.1) is 17.3 Å². The zero-order valence-electron chi connectivity index (χ0n) is 16.6. The van der Waals surface area contributed by atoms with E-state index in [-0.39, 0.29) is 41.2 Å². The SMILES string of the molecule is [B]C(=O)C(C)(C)CC(C)(C)c1ccc(N2C(=O)CC(C(C)C)C2=O)cc1. The van der Waals surface area contributed by atoms with Crippen LogP contribution in [0.25, 0.3) is 0 Å². The topological polar surface area (TPSA) is 54.5 Å². The van der Waals surface area contributed by atoms with Crippen LogP contribution >= 0.6 is 0 Å². The minimum Gasteiger partial charge on any atom is -0.312 e. The molecule has 0 aliphatic carbocycles. The number of benzene rings is 1. The third-order valence-electron chi connectivity index (χ3n) is 5.44. The Bertz CT molecular complexity index is 719. The summed E-state index contributed by atoms with van der Waals surface area (Å²) in [5.74, 6) is -0.358. The molecule has 2 amide bonds. The van der Waals surface area contributed by atoms with Crippen LogP contribution in [0.1, 0.15) is 59.9 Å². The van der Waals surface area contributed by atoms with Gasteiger partial charge in [0, 0.05) is 11.8 Å². The van der Waals surface area contributed by atoms with E-state index in [2.05, 4.69) is 13.8 Å². The molecule has 1 unspecified atom stereocenters. The van der Waals surface area contributed by atoms with Gasteiger partial charge in [-0.2, -0.15) is 0 Å². The quantitative estimate of drug-likeness (QED) is 0.580. The van der Waals surface area contributed by atoms with Crippen LogP contribution < -0.4 is 4.90 Å². The van der Waals surface area contributed by atoms with Gasteiger partial charge in [0.15, 0.2) is 7.85 Å². The minimum atomic E-state index is -0.618. The summed E-state index contributed by atoms with van der Waals surface area (Å²) in [6.45, 7) is 11.7. The smallest absolute Gasteiger partial charge is 0.237 e. The van der Waals surface area contributed by atoms with Crippen molar-refractivity contribution in [2.45, 2.75) is 59.8 Å². The molecule has 1 fully saturated rings. The Balaban J connectivity index is 2.24. The molecule has 5 heteroatoms. The van der Waals surface area contributed by atoms with Gasteiger partial charge < -0.3 is 4.79 Å². The number of nitrogens with zero attached hydrogens (tertiary/aromatic N) is 1. The van der Waals surface area contributed by atoms with E-state index in [0.29, 0.717) is 12.1 Å². The molecule has 0 aromatic heterocycles. The molecule has 1 aromatic rings. The maximum absolute atomic E-state index is 12.6. The summed E-state index contributed by atoms with van der Waals surface area (Å²) in [7, 11) is 5.51. The predicted molar refractivity (Wildman–Crippen MR) is 104 cm³/mol. The van der Waals surface area contributed by atoms with Crippen molar-refractivity contribution >= 4 is 31.0 Å². The van der Waals surface area contributed by atoms with Gasteiger partial charge in [-0.1, -0.05) is 53.7 Å². The maximum atomic E-state index is 12.6. The van der Waals surface area contributed by atoms with Crippen LogP contribution in [0.4, 0.5) is 5.69 Å². The van der Waals surface area contributed by atoms with Crippen molar-refractivity contribution in [3.63, 3.8) is 0 Å². The first-order valence-corrected chi connectivity index (χ1v) is 9.14. The zero-order valence-corrected chi connectivity index (χ0v) is 16.6. The number of imide groups is 1. The van der Waals surface area contributed by atoms with E-state index in [9.17, 15) is 14.4 Å². The largest absolute Gasteiger partial charge is 0.312 e. The first kappa shape index (κ1) is 20.4. The Kier molecular flexibility index (Phi) is 5.50. The second-order valence-electron chi connectivity index (χ2n) is 8.98. The van der Waals surface area contributed by atoms with Crippen LogP contribution in [-0.4, -0.2) is 25.3 Å². The van der Waals surface area contributed by atoms with Crippen LogP contribution in [0.3, 0.4) is 0 Å². The Morgan fingerprint density at radius 1 is 1.15 bits per heavy atom. The molecule has 4 nitrogen and oxygen atoms in total. The van der Waals surface area contributed by atoms with Crippen molar-refractivity contribution in [3.05, 3.63) is 29.8 Å². The standard InChI is InChI=1S/C21H28BNO3/c1-13(2)16-11-17(24)23(18(16)25)15-9-7-14(8-10-15)20(3,4)12-21(5,6)19(22)26/h7-10,13,16H,11-12H2,1-6H3. The third-order valence-corrected chi connectivity index (χ3v) is 5.44. The normalized spacial score (nSPS) is 18.7. The van der Waals surface area contributed by atoms with Crippen LogP contribution in [0.5, 0.6) is 0 Å². The van der Waals surface area contributed by atoms with E-state index < -0.39 is 5.41 Å². The summed E-state index contributed by atoms with van der Waals surface area (Å²) >= 11 is 0. The second-order valence-corrected chi connectivity index (χ2v) is 8.98. The van der Waals surface area contributed by atoms with Crippen molar-refractivity contribution in [2.75, 3.05) is 4.90 Å². The maximum Gasteiger partial charge on any atom is 0.237 e. The predicted octanol–water partition coefficient (Wildman–Crippen LogP) is 3.61. The molecule has 2 rings (SSSR count). The average molecular weight is 353 g/mol. The molecule has 0 spiro atoms. The molecule has 26 heavy (non-hydrogen) atoms. The number of rotatable bonds is 6. The first-order valence-electron chi connectivity index (χ1n) is 9.14. The number of anilines is 1. The molecular weight excluding hydrogens is 325 g/mol. The van der Waals surface area contributed by atoms with E-state index in [1.165, 1.54) is 4.90 Å². The van der Waals surface area contributed by atoms with Crippen molar-refractivity contribution in [2.24, 2.45) is 17.3 Å². The molecule has 0 bridgehead atoms. The first-order chi connectivity index (χ1) is 11.9. The Labute approximate surface area is 157 Å². The van der Waals surface area contributed by atoms with Gasteiger partial charge >= 0.3 is 0 Å². The average Bonchev–Trinajstić information content (AvgIpc) is 2.81. The molecule has 1 aliphatic heterocycles.